The molecule has 9 heteroatoms. The van der Waals surface area contributed by atoms with Gasteiger partial charge in [-0.1, -0.05) is 36.4 Å². The Hall–Kier alpha value is -3.90. The van der Waals surface area contributed by atoms with Gasteiger partial charge in [0.05, 0.1) is 18.1 Å². The Morgan fingerprint density at radius 3 is 2.53 bits per heavy atom. The zero-order chi connectivity index (χ0) is 25.7. The second-order valence-electron chi connectivity index (χ2n) is 8.08. The number of benzene rings is 3. The molecule has 1 amide bonds. The van der Waals surface area contributed by atoms with Crippen molar-refractivity contribution >= 4 is 28.6 Å². The molecule has 184 valence electrons. The van der Waals surface area contributed by atoms with E-state index in [0.717, 1.165) is 33.0 Å². The first kappa shape index (κ1) is 25.2. The van der Waals surface area contributed by atoms with Crippen LogP contribution in [0.3, 0.4) is 0 Å². The van der Waals surface area contributed by atoms with E-state index in [4.69, 9.17) is 0 Å². The number of ether oxygens (including phenoxy) is 1. The Balaban J connectivity index is 1.64. The maximum Gasteiger partial charge on any atom is 0.573 e. The molecule has 2 N–H and O–H groups in total. The minimum Gasteiger partial charge on any atom is -0.405 e. The summed E-state index contributed by atoms with van der Waals surface area (Å²) in [5, 5.41) is 13.0. The lowest BCUT2D eigenvalue weighted by Gasteiger charge is -2.19. The van der Waals surface area contributed by atoms with Gasteiger partial charge in [0.15, 0.2) is 0 Å². The number of nitrogens with zero attached hydrogens (tertiary/aromatic N) is 1. The van der Waals surface area contributed by atoms with Gasteiger partial charge in [-0.25, -0.2) is 0 Å². The molecule has 0 spiro atoms. The fourth-order valence-corrected chi connectivity index (χ4v) is 4.41. The fraction of sp³-hybridized carbons (Fsp3) is 0.185. The van der Waals surface area contributed by atoms with Crippen LogP contribution in [0.4, 0.5) is 13.2 Å². The van der Waals surface area contributed by atoms with E-state index in [9.17, 15) is 23.2 Å². The monoisotopic (exact) mass is 509 g/mol. The van der Waals surface area contributed by atoms with E-state index in [1.807, 2.05) is 60.9 Å². The number of aromatic nitrogens is 1. The molecule has 0 aliphatic carbocycles. The van der Waals surface area contributed by atoms with Crippen LogP contribution in [-0.4, -0.2) is 29.6 Å². The summed E-state index contributed by atoms with van der Waals surface area (Å²) < 4.78 is 43.4. The third kappa shape index (κ3) is 6.01. The minimum absolute atomic E-state index is 0.0173. The number of aromatic amines is 1. The molecular weight excluding hydrogens is 487 g/mol. The number of carbonyl (C=O) groups excluding carboxylic acids is 1. The average Bonchev–Trinajstić information content (AvgIpc) is 3.26. The van der Waals surface area contributed by atoms with E-state index in [2.05, 4.69) is 15.0 Å². The van der Waals surface area contributed by atoms with Crippen molar-refractivity contribution in [3.05, 3.63) is 84.1 Å². The van der Waals surface area contributed by atoms with E-state index in [-0.39, 0.29) is 12.0 Å². The number of halogens is 3. The molecule has 36 heavy (non-hydrogen) atoms. The Morgan fingerprint density at radius 1 is 1.11 bits per heavy atom. The van der Waals surface area contributed by atoms with Gasteiger partial charge in [0.2, 0.25) is 0 Å². The maximum atomic E-state index is 13.2. The highest BCUT2D eigenvalue weighted by Gasteiger charge is 2.33. The lowest BCUT2D eigenvalue weighted by atomic mass is 10.00. The molecule has 1 heterocycles. The smallest absolute Gasteiger partial charge is 0.405 e. The zero-order valence-electron chi connectivity index (χ0n) is 19.2. The van der Waals surface area contributed by atoms with Crippen LogP contribution in [-0.2, 0) is 6.42 Å². The predicted octanol–water partition coefficient (Wildman–Crippen LogP) is 6.71. The molecule has 1 atom stereocenters. The summed E-state index contributed by atoms with van der Waals surface area (Å²) in [6.07, 6.45) is -0.912. The number of H-pyrrole nitrogens is 1. The minimum atomic E-state index is -4.97. The predicted molar refractivity (Wildman–Crippen MR) is 134 cm³/mol. The molecule has 0 aliphatic heterocycles. The van der Waals surface area contributed by atoms with Crippen molar-refractivity contribution in [3.8, 4) is 22.9 Å². The molecule has 0 radical (unpaired) electrons. The molecule has 3 aromatic carbocycles. The number of nitrogens with one attached hydrogen (secondary N) is 2. The van der Waals surface area contributed by atoms with E-state index in [1.165, 1.54) is 12.1 Å². The number of thioether (sulfide) groups is 1. The molecule has 0 saturated carbocycles. The summed E-state index contributed by atoms with van der Waals surface area (Å²) in [6, 6.07) is 20.5. The largest absolute Gasteiger partial charge is 0.573 e. The van der Waals surface area contributed by atoms with Crippen LogP contribution in [0.25, 0.3) is 22.0 Å². The summed E-state index contributed by atoms with van der Waals surface area (Å²) >= 11 is 1.57. The topological polar surface area (TPSA) is 77.9 Å². The van der Waals surface area contributed by atoms with E-state index in [0.29, 0.717) is 12.0 Å². The second-order valence-corrected chi connectivity index (χ2v) is 8.96. The molecular formula is C27H22F3N3O2S. The van der Waals surface area contributed by atoms with Gasteiger partial charge in [0.1, 0.15) is 5.75 Å². The number of para-hydroxylation sites is 1. The molecule has 0 saturated heterocycles. The third-order valence-corrected chi connectivity index (χ3v) is 6.43. The Bertz CT molecular complexity index is 1410. The van der Waals surface area contributed by atoms with Crippen molar-refractivity contribution in [2.45, 2.75) is 30.1 Å². The van der Waals surface area contributed by atoms with E-state index >= 15 is 0 Å². The van der Waals surface area contributed by atoms with Gasteiger partial charge >= 0.3 is 6.36 Å². The van der Waals surface area contributed by atoms with Gasteiger partial charge in [-0.2, -0.15) is 5.26 Å². The normalized spacial score (nSPS) is 12.2. The van der Waals surface area contributed by atoms with Gasteiger partial charge in [-0.05, 0) is 59.7 Å². The second kappa shape index (κ2) is 10.8. The maximum absolute atomic E-state index is 13.2. The molecule has 5 nitrogen and oxygen atoms in total. The van der Waals surface area contributed by atoms with Gasteiger partial charge < -0.3 is 15.0 Å². The number of rotatable bonds is 8. The molecule has 0 fully saturated rings. The first-order chi connectivity index (χ1) is 17.3. The number of fused-ring (bicyclic) bond motifs is 1. The molecule has 0 aliphatic rings. The SMILES string of the molecule is CSc1ccc(-c2ccc(OC(F)(F)F)c(C(=O)NC(CC#N)Cc3c[nH]c4ccccc34)c2)cc1. The van der Waals surface area contributed by atoms with Crippen molar-refractivity contribution in [2.24, 2.45) is 0 Å². The average molecular weight is 510 g/mol. The summed E-state index contributed by atoms with van der Waals surface area (Å²) in [6.45, 7) is 0. The Labute approximate surface area is 210 Å². The van der Waals surface area contributed by atoms with E-state index < -0.39 is 24.1 Å². The van der Waals surface area contributed by atoms with Crippen LogP contribution in [0, 0.1) is 11.3 Å². The first-order valence-corrected chi connectivity index (χ1v) is 12.3. The molecule has 1 aromatic heterocycles. The van der Waals surface area contributed by atoms with Crippen LogP contribution in [0.2, 0.25) is 0 Å². The molecule has 4 rings (SSSR count). The van der Waals surface area contributed by atoms with Gasteiger partial charge in [-0.15, -0.1) is 24.9 Å². The Morgan fingerprint density at radius 2 is 1.83 bits per heavy atom. The number of hydrogen-bond donors (Lipinski definition) is 2. The Kier molecular flexibility index (Phi) is 7.55. The summed E-state index contributed by atoms with van der Waals surface area (Å²) in [5.74, 6) is -1.36. The highest BCUT2D eigenvalue weighted by Crippen LogP contribution is 2.32. The van der Waals surface area contributed by atoms with Crippen molar-refractivity contribution in [1.82, 2.24) is 10.3 Å². The number of hydrogen-bond acceptors (Lipinski definition) is 4. The van der Waals surface area contributed by atoms with E-state index in [1.54, 1.807) is 18.0 Å². The van der Waals surface area contributed by atoms with Crippen LogP contribution in [0.1, 0.15) is 22.3 Å². The molecule has 4 aromatic rings. The summed E-state index contributed by atoms with van der Waals surface area (Å²) in [4.78, 5) is 17.4. The summed E-state index contributed by atoms with van der Waals surface area (Å²) in [7, 11) is 0. The van der Waals surface area contributed by atoms with Gasteiger partial charge in [0.25, 0.3) is 5.91 Å². The van der Waals surface area contributed by atoms with Gasteiger partial charge in [0, 0.05) is 28.0 Å². The first-order valence-electron chi connectivity index (χ1n) is 11.0. The van der Waals surface area contributed by atoms with Crippen LogP contribution in [0.15, 0.2) is 77.8 Å². The lowest BCUT2D eigenvalue weighted by molar-refractivity contribution is -0.274. The van der Waals surface area contributed by atoms with Gasteiger partial charge in [-0.3, -0.25) is 4.79 Å². The van der Waals surface area contributed by atoms with Crippen LogP contribution >= 0.6 is 11.8 Å². The standard InChI is InChI=1S/C27H22F3N3O2S/c1-36-21-9-6-17(7-10-21)18-8-11-25(35-27(28,29)30)23(15-18)26(34)33-20(12-13-31)14-19-16-32-24-5-3-2-4-22(19)24/h2-11,15-16,20,32H,12,14H2,1H3,(H,33,34). The molecule has 1 unspecified atom stereocenters. The molecule has 0 bridgehead atoms. The van der Waals surface area contributed by atoms with Crippen molar-refractivity contribution < 1.29 is 22.7 Å². The summed E-state index contributed by atoms with van der Waals surface area (Å²) in [5.41, 5.74) is 2.85. The highest BCUT2D eigenvalue weighted by atomic mass is 32.2. The third-order valence-electron chi connectivity index (χ3n) is 5.69. The fourth-order valence-electron chi connectivity index (χ4n) is 4.00. The lowest BCUT2D eigenvalue weighted by Crippen LogP contribution is -2.36. The quantitative estimate of drug-likeness (QED) is 0.259. The van der Waals surface area contributed by atoms with Crippen LogP contribution < -0.4 is 10.1 Å². The number of alkyl halides is 3. The van der Waals surface area contributed by atoms with Crippen LogP contribution in [0.5, 0.6) is 5.75 Å². The number of amides is 1. The van der Waals surface area contributed by atoms with Crippen molar-refractivity contribution in [2.75, 3.05) is 6.26 Å². The number of carbonyl (C=O) groups is 1. The highest BCUT2D eigenvalue weighted by molar-refractivity contribution is 7.98. The number of nitriles is 1. The van der Waals surface area contributed by atoms with Crippen molar-refractivity contribution in [1.29, 1.82) is 5.26 Å². The zero-order valence-corrected chi connectivity index (χ0v) is 20.0. The van der Waals surface area contributed by atoms with Crippen molar-refractivity contribution in [3.63, 3.8) is 0 Å².